The Kier molecular flexibility index (Phi) is 9.41. The van der Waals surface area contributed by atoms with Crippen LogP contribution in [0, 0.1) is 0 Å². The zero-order valence-corrected chi connectivity index (χ0v) is 18.3. The van der Waals surface area contributed by atoms with Gasteiger partial charge < -0.3 is 19.7 Å². The van der Waals surface area contributed by atoms with Crippen LogP contribution in [-0.4, -0.2) is 55.2 Å². The van der Waals surface area contributed by atoms with Gasteiger partial charge in [0.2, 0.25) is 0 Å². The highest BCUT2D eigenvalue weighted by Crippen LogP contribution is 2.16. The minimum Gasteiger partial charge on any atom is -0.452 e. The number of amides is 2. The highest BCUT2D eigenvalue weighted by Gasteiger charge is 2.27. The molecular formula is C23H25F3N2O5. The van der Waals surface area contributed by atoms with Crippen molar-refractivity contribution >= 4 is 23.5 Å². The summed E-state index contributed by atoms with van der Waals surface area (Å²) in [7, 11) is 0. The fraction of sp³-hybridized carbons (Fsp3) is 0.348. The lowest BCUT2D eigenvalue weighted by Gasteiger charge is -2.18. The number of hydrogen-bond donors (Lipinski definition) is 1. The largest absolute Gasteiger partial charge is 0.452 e. The molecule has 0 unspecified atom stereocenters. The van der Waals surface area contributed by atoms with Crippen molar-refractivity contribution in [3.63, 3.8) is 0 Å². The molecule has 0 heterocycles. The van der Waals surface area contributed by atoms with Crippen molar-refractivity contribution in [2.45, 2.75) is 26.6 Å². The number of alkyl halides is 3. The Balaban J connectivity index is 1.81. The normalized spacial score (nSPS) is 11.1. The summed E-state index contributed by atoms with van der Waals surface area (Å²) in [4.78, 5) is 38.1. The van der Waals surface area contributed by atoms with Gasteiger partial charge in [-0.15, -0.1) is 0 Å². The Bertz CT molecular complexity index is 940. The lowest BCUT2D eigenvalue weighted by atomic mass is 10.1. The molecule has 0 aliphatic rings. The molecule has 178 valence electrons. The summed E-state index contributed by atoms with van der Waals surface area (Å²) in [6, 6.07) is 12.0. The van der Waals surface area contributed by atoms with Crippen LogP contribution < -0.4 is 5.32 Å². The average molecular weight is 466 g/mol. The van der Waals surface area contributed by atoms with E-state index < -0.39 is 31.3 Å². The number of anilines is 1. The van der Waals surface area contributed by atoms with E-state index in [0.29, 0.717) is 29.9 Å². The van der Waals surface area contributed by atoms with E-state index >= 15 is 0 Å². The number of hydrogen-bond acceptors (Lipinski definition) is 5. The van der Waals surface area contributed by atoms with Crippen LogP contribution in [-0.2, 0) is 20.9 Å². The van der Waals surface area contributed by atoms with Crippen LogP contribution in [0.4, 0.5) is 18.9 Å². The van der Waals surface area contributed by atoms with E-state index in [2.05, 4.69) is 10.1 Å². The second-order valence-corrected chi connectivity index (χ2v) is 6.98. The van der Waals surface area contributed by atoms with Gasteiger partial charge in [-0.1, -0.05) is 12.1 Å². The molecular weight excluding hydrogens is 441 g/mol. The van der Waals surface area contributed by atoms with Crippen molar-refractivity contribution in [1.82, 2.24) is 4.90 Å². The number of nitrogens with one attached hydrogen (secondary N) is 1. The zero-order valence-electron chi connectivity index (χ0n) is 18.3. The summed E-state index contributed by atoms with van der Waals surface area (Å²) in [6.07, 6.45) is -4.41. The van der Waals surface area contributed by atoms with Crippen molar-refractivity contribution in [2.75, 3.05) is 31.6 Å². The van der Waals surface area contributed by atoms with Crippen molar-refractivity contribution in [1.29, 1.82) is 0 Å². The predicted molar refractivity (Wildman–Crippen MR) is 115 cm³/mol. The number of benzene rings is 2. The minimum atomic E-state index is -4.41. The van der Waals surface area contributed by atoms with Gasteiger partial charge in [0.05, 0.1) is 12.2 Å². The van der Waals surface area contributed by atoms with E-state index in [1.165, 1.54) is 24.3 Å². The lowest BCUT2D eigenvalue weighted by molar-refractivity contribution is -0.176. The standard InChI is InChI=1S/C23H25F3N2O5/c1-3-28(4-2)21(30)17-9-11-19(12-10-17)27-20(29)14-33-22(31)18-7-5-16(6-8-18)13-32-15-23(24,25)26/h5-12H,3-4,13-15H2,1-2H3,(H,27,29). The molecule has 0 aliphatic heterocycles. The van der Waals surface area contributed by atoms with Crippen LogP contribution in [0.1, 0.15) is 40.1 Å². The van der Waals surface area contributed by atoms with Gasteiger partial charge in [0.15, 0.2) is 6.61 Å². The van der Waals surface area contributed by atoms with E-state index in [-0.39, 0.29) is 18.1 Å². The Morgan fingerprint density at radius 2 is 1.48 bits per heavy atom. The third-order valence-corrected chi connectivity index (χ3v) is 4.52. The van der Waals surface area contributed by atoms with Crippen molar-refractivity contribution in [3.05, 3.63) is 65.2 Å². The molecule has 10 heteroatoms. The maximum Gasteiger partial charge on any atom is 0.411 e. The number of halogens is 3. The Morgan fingerprint density at radius 1 is 0.909 bits per heavy atom. The van der Waals surface area contributed by atoms with E-state index in [1.807, 2.05) is 13.8 Å². The summed E-state index contributed by atoms with van der Waals surface area (Å²) in [5, 5.41) is 2.57. The number of ether oxygens (including phenoxy) is 2. The Hall–Kier alpha value is -3.40. The summed E-state index contributed by atoms with van der Waals surface area (Å²) in [5.74, 6) is -1.43. The number of carbonyl (C=O) groups is 3. The van der Waals surface area contributed by atoms with Gasteiger partial charge in [0, 0.05) is 24.3 Å². The van der Waals surface area contributed by atoms with E-state index in [9.17, 15) is 27.6 Å². The molecule has 2 rings (SSSR count). The number of nitrogens with zero attached hydrogens (tertiary/aromatic N) is 1. The van der Waals surface area contributed by atoms with Gasteiger partial charge in [0.25, 0.3) is 11.8 Å². The van der Waals surface area contributed by atoms with Gasteiger partial charge in [-0.05, 0) is 55.8 Å². The first-order chi connectivity index (χ1) is 15.6. The maximum absolute atomic E-state index is 12.3. The lowest BCUT2D eigenvalue weighted by Crippen LogP contribution is -2.30. The van der Waals surface area contributed by atoms with Gasteiger partial charge in [-0.3, -0.25) is 9.59 Å². The molecule has 0 fully saturated rings. The van der Waals surface area contributed by atoms with Crippen molar-refractivity contribution in [3.8, 4) is 0 Å². The molecule has 2 aromatic rings. The number of esters is 1. The quantitative estimate of drug-likeness (QED) is 0.534. The molecule has 1 N–H and O–H groups in total. The van der Waals surface area contributed by atoms with Crippen LogP contribution in [0.5, 0.6) is 0 Å². The molecule has 0 bridgehead atoms. The molecule has 0 atom stereocenters. The molecule has 2 amide bonds. The fourth-order valence-electron chi connectivity index (χ4n) is 2.82. The van der Waals surface area contributed by atoms with E-state index in [4.69, 9.17) is 4.74 Å². The summed E-state index contributed by atoms with van der Waals surface area (Å²) < 4.78 is 45.8. The van der Waals surface area contributed by atoms with Gasteiger partial charge in [0.1, 0.15) is 6.61 Å². The zero-order chi connectivity index (χ0) is 24.4. The number of rotatable bonds is 10. The fourth-order valence-corrected chi connectivity index (χ4v) is 2.82. The smallest absolute Gasteiger partial charge is 0.411 e. The molecule has 0 aromatic heterocycles. The first kappa shape index (κ1) is 25.9. The Labute approximate surface area is 189 Å². The SMILES string of the molecule is CCN(CC)C(=O)c1ccc(NC(=O)COC(=O)c2ccc(COCC(F)(F)F)cc2)cc1. The number of carbonyl (C=O) groups excluding carboxylic acids is 3. The molecule has 7 nitrogen and oxygen atoms in total. The van der Waals surface area contributed by atoms with Crippen LogP contribution in [0.2, 0.25) is 0 Å². The molecule has 2 aromatic carbocycles. The first-order valence-corrected chi connectivity index (χ1v) is 10.2. The third kappa shape index (κ3) is 8.57. The highest BCUT2D eigenvalue weighted by atomic mass is 19.4. The summed E-state index contributed by atoms with van der Waals surface area (Å²) >= 11 is 0. The van der Waals surface area contributed by atoms with Crippen LogP contribution in [0.15, 0.2) is 48.5 Å². The van der Waals surface area contributed by atoms with E-state index in [0.717, 1.165) is 0 Å². The highest BCUT2D eigenvalue weighted by molar-refractivity contribution is 5.97. The topological polar surface area (TPSA) is 84.9 Å². The van der Waals surface area contributed by atoms with Gasteiger partial charge >= 0.3 is 12.1 Å². The van der Waals surface area contributed by atoms with Crippen molar-refractivity contribution in [2.24, 2.45) is 0 Å². The van der Waals surface area contributed by atoms with Crippen LogP contribution in [0.3, 0.4) is 0 Å². The monoisotopic (exact) mass is 466 g/mol. The molecule has 0 saturated heterocycles. The predicted octanol–water partition coefficient (Wildman–Crippen LogP) is 4.04. The summed E-state index contributed by atoms with van der Waals surface area (Å²) in [5.41, 5.74) is 1.53. The second-order valence-electron chi connectivity index (χ2n) is 6.98. The van der Waals surface area contributed by atoms with E-state index in [1.54, 1.807) is 29.2 Å². The van der Waals surface area contributed by atoms with Crippen molar-refractivity contribution < 1.29 is 37.0 Å². The molecule has 0 spiro atoms. The average Bonchev–Trinajstić information content (AvgIpc) is 2.78. The third-order valence-electron chi connectivity index (χ3n) is 4.52. The molecule has 0 radical (unpaired) electrons. The van der Waals surface area contributed by atoms with Gasteiger partial charge in [-0.25, -0.2) is 4.79 Å². The Morgan fingerprint density at radius 3 is 2.03 bits per heavy atom. The second kappa shape index (κ2) is 12.0. The molecule has 0 saturated carbocycles. The first-order valence-electron chi connectivity index (χ1n) is 10.2. The minimum absolute atomic E-state index is 0.107. The maximum atomic E-state index is 12.3. The van der Waals surface area contributed by atoms with Crippen LogP contribution >= 0.6 is 0 Å². The summed E-state index contributed by atoms with van der Waals surface area (Å²) in [6.45, 7) is 2.81. The molecule has 0 aliphatic carbocycles. The molecule has 33 heavy (non-hydrogen) atoms. The van der Waals surface area contributed by atoms with Gasteiger partial charge in [-0.2, -0.15) is 13.2 Å². The van der Waals surface area contributed by atoms with Crippen LogP contribution in [0.25, 0.3) is 0 Å².